The normalized spacial score (nSPS) is 35.5. The van der Waals surface area contributed by atoms with E-state index in [-0.39, 0.29) is 52.0 Å². The van der Waals surface area contributed by atoms with E-state index in [9.17, 15) is 19.5 Å². The lowest BCUT2D eigenvalue weighted by Gasteiger charge is -2.72. The van der Waals surface area contributed by atoms with Crippen molar-refractivity contribution in [3.8, 4) is 0 Å². The highest BCUT2D eigenvalue weighted by Crippen LogP contribution is 2.75. The number of methoxy groups -OCH3 is 1. The Morgan fingerprint density at radius 2 is 1.56 bits per heavy atom. The van der Waals surface area contributed by atoms with E-state index >= 15 is 4.39 Å². The molecule has 8 heteroatoms. The largest absolute Gasteiger partial charge is 0.465 e. The smallest absolute Gasteiger partial charge is 0.337 e. The summed E-state index contributed by atoms with van der Waals surface area (Å²) in [7, 11) is 1.34. The van der Waals surface area contributed by atoms with Crippen LogP contribution in [0.5, 0.6) is 0 Å². The second-order valence-electron chi connectivity index (χ2n) is 18.9. The molecule has 4 saturated carbocycles. The lowest BCUT2D eigenvalue weighted by Crippen LogP contribution is -2.67. The van der Waals surface area contributed by atoms with Gasteiger partial charge in [-0.1, -0.05) is 67.0 Å². The highest BCUT2D eigenvalue weighted by molar-refractivity contribution is 5.94. The molecule has 6 rings (SSSR count). The fourth-order valence-corrected chi connectivity index (χ4v) is 13.1. The molecule has 54 heavy (non-hydrogen) atoms. The van der Waals surface area contributed by atoms with Gasteiger partial charge in [0.15, 0.2) is 0 Å². The average molecular weight is 745 g/mol. The number of amides is 2. The van der Waals surface area contributed by atoms with Crippen molar-refractivity contribution in [3.63, 3.8) is 0 Å². The van der Waals surface area contributed by atoms with Gasteiger partial charge in [-0.25, -0.2) is 9.18 Å². The number of aliphatic hydroxyl groups is 1. The standard InChI is InChI=1S/C46H65FN2O5/c1-9-21-46(25-24-44(6)34(29(46)2)15-17-37-43(5)22-19-38(50)42(3,4)36(43)18-23-45(37,44)7)41(53)49-28-33-27-32(14-16-35(33)47)39(51)48-26-20-30-10-12-31(13-11-30)40(52)54-8/h10-14,16,27,29,34,36-38,50H,9,15,17-26,28H2,1-8H3,(H,48,51)(H,49,53)/t29?,34?,36?,37?,38?,43?,44-,45?,46?/m1/s1. The molecule has 4 aliphatic rings. The molecule has 0 aliphatic heterocycles. The first-order chi connectivity index (χ1) is 25.5. The molecular formula is C46H65FN2O5. The molecule has 7 nitrogen and oxygen atoms in total. The van der Waals surface area contributed by atoms with Crippen molar-refractivity contribution in [1.82, 2.24) is 10.6 Å². The molecular weight excluding hydrogens is 680 g/mol. The molecule has 3 N–H and O–H groups in total. The molecule has 0 heterocycles. The molecule has 4 fully saturated rings. The zero-order chi connectivity index (χ0) is 39.3. The van der Waals surface area contributed by atoms with Crippen molar-refractivity contribution in [2.45, 2.75) is 132 Å². The van der Waals surface area contributed by atoms with Gasteiger partial charge in [0.1, 0.15) is 5.82 Å². The summed E-state index contributed by atoms with van der Waals surface area (Å²) in [5.41, 5.74) is 1.95. The van der Waals surface area contributed by atoms with Crippen molar-refractivity contribution in [2.24, 2.45) is 50.7 Å². The fraction of sp³-hybridized carbons (Fsp3) is 0.674. The van der Waals surface area contributed by atoms with Gasteiger partial charge in [-0.05, 0) is 145 Å². The van der Waals surface area contributed by atoms with Crippen molar-refractivity contribution in [3.05, 3.63) is 70.5 Å². The lowest BCUT2D eigenvalue weighted by atomic mass is 9.32. The van der Waals surface area contributed by atoms with Gasteiger partial charge in [0.25, 0.3) is 5.91 Å². The molecule has 296 valence electrons. The highest BCUT2D eigenvalue weighted by Gasteiger charge is 2.69. The van der Waals surface area contributed by atoms with E-state index in [4.69, 9.17) is 4.74 Å². The Labute approximate surface area is 323 Å². The Balaban J connectivity index is 1.13. The van der Waals surface area contributed by atoms with E-state index in [1.807, 2.05) is 12.1 Å². The minimum Gasteiger partial charge on any atom is -0.465 e. The summed E-state index contributed by atoms with van der Waals surface area (Å²) >= 11 is 0. The molecule has 0 bridgehead atoms. The van der Waals surface area contributed by atoms with Gasteiger partial charge in [-0.15, -0.1) is 0 Å². The van der Waals surface area contributed by atoms with Gasteiger partial charge in [-0.2, -0.15) is 0 Å². The summed E-state index contributed by atoms with van der Waals surface area (Å²) in [5.74, 6) is 0.577. The topological polar surface area (TPSA) is 105 Å². The van der Waals surface area contributed by atoms with Crippen molar-refractivity contribution in [2.75, 3.05) is 13.7 Å². The summed E-state index contributed by atoms with van der Waals surface area (Å²) in [5, 5.41) is 17.1. The second kappa shape index (κ2) is 15.0. The number of hydrogen-bond donors (Lipinski definition) is 3. The van der Waals surface area contributed by atoms with Crippen LogP contribution in [0.1, 0.15) is 145 Å². The number of aliphatic hydroxyl groups excluding tert-OH is 1. The summed E-state index contributed by atoms with van der Waals surface area (Å²) in [6, 6.07) is 11.4. The number of hydrogen-bond acceptors (Lipinski definition) is 5. The van der Waals surface area contributed by atoms with Crippen LogP contribution in [0.4, 0.5) is 4.39 Å². The monoisotopic (exact) mass is 744 g/mol. The van der Waals surface area contributed by atoms with Gasteiger partial charge in [0.05, 0.1) is 24.2 Å². The minimum absolute atomic E-state index is 0.0114. The predicted octanol–water partition coefficient (Wildman–Crippen LogP) is 9.05. The summed E-state index contributed by atoms with van der Waals surface area (Å²) in [4.78, 5) is 39.3. The Morgan fingerprint density at radius 3 is 2.24 bits per heavy atom. The third kappa shape index (κ3) is 6.60. The van der Waals surface area contributed by atoms with Crippen LogP contribution in [0.3, 0.4) is 0 Å². The SMILES string of the molecule is CCCC1(C(=O)NCc2cc(C(=O)NCCc3ccc(C(=O)OC)cc3)ccc2F)CC[C@]2(C)C(CCC3C4(C)CCC(O)C(C)(C)C4CCC32C)C1C. The quantitative estimate of drug-likeness (QED) is 0.211. The number of esters is 1. The van der Waals surface area contributed by atoms with Crippen LogP contribution in [0.15, 0.2) is 42.5 Å². The van der Waals surface area contributed by atoms with Gasteiger partial charge in [-0.3, -0.25) is 9.59 Å². The first kappa shape index (κ1) is 40.4. The van der Waals surface area contributed by atoms with Crippen LogP contribution in [0.25, 0.3) is 0 Å². The third-order valence-corrected chi connectivity index (χ3v) is 16.5. The maximum absolute atomic E-state index is 15.2. The molecule has 4 aliphatic carbocycles. The minimum atomic E-state index is -0.527. The number of carbonyl (C=O) groups excluding carboxylic acids is 3. The van der Waals surface area contributed by atoms with E-state index in [0.29, 0.717) is 47.4 Å². The first-order valence-electron chi connectivity index (χ1n) is 20.7. The lowest BCUT2D eigenvalue weighted by molar-refractivity contribution is -0.246. The third-order valence-electron chi connectivity index (χ3n) is 16.5. The van der Waals surface area contributed by atoms with Crippen LogP contribution in [0, 0.1) is 56.6 Å². The Morgan fingerprint density at radius 1 is 0.852 bits per heavy atom. The maximum atomic E-state index is 15.2. The Hall–Kier alpha value is -3.26. The second-order valence-corrected chi connectivity index (χ2v) is 18.9. The number of rotatable bonds is 10. The van der Waals surface area contributed by atoms with E-state index in [1.165, 1.54) is 32.1 Å². The summed E-state index contributed by atoms with van der Waals surface area (Å²) < 4.78 is 19.9. The number of halogens is 1. The van der Waals surface area contributed by atoms with E-state index in [2.05, 4.69) is 59.1 Å². The van der Waals surface area contributed by atoms with Crippen LogP contribution >= 0.6 is 0 Å². The highest BCUT2D eigenvalue weighted by atomic mass is 19.1. The molecule has 2 aromatic rings. The van der Waals surface area contributed by atoms with Gasteiger partial charge >= 0.3 is 5.97 Å². The maximum Gasteiger partial charge on any atom is 0.337 e. The van der Waals surface area contributed by atoms with Crippen LogP contribution in [-0.4, -0.2) is 42.6 Å². The fourth-order valence-electron chi connectivity index (χ4n) is 13.1. The predicted molar refractivity (Wildman–Crippen MR) is 210 cm³/mol. The Kier molecular flexibility index (Phi) is 11.2. The molecule has 2 aromatic carbocycles. The number of carbonyl (C=O) groups is 3. The number of fused-ring (bicyclic) bond motifs is 5. The molecule has 9 atom stereocenters. The molecule has 8 unspecified atom stereocenters. The van der Waals surface area contributed by atoms with E-state index in [1.54, 1.807) is 18.2 Å². The molecule has 2 amide bonds. The zero-order valence-corrected chi connectivity index (χ0v) is 34.1. The summed E-state index contributed by atoms with van der Waals surface area (Å²) in [6.07, 6.45) is 10.5. The number of benzene rings is 2. The molecule has 0 saturated heterocycles. The van der Waals surface area contributed by atoms with Crippen LogP contribution in [-0.2, 0) is 22.5 Å². The van der Waals surface area contributed by atoms with Gasteiger partial charge < -0.3 is 20.5 Å². The van der Waals surface area contributed by atoms with Crippen molar-refractivity contribution in [1.29, 1.82) is 0 Å². The molecule has 0 radical (unpaired) electrons. The summed E-state index contributed by atoms with van der Waals surface area (Å²) in [6.45, 7) is 17.2. The molecule has 0 aromatic heterocycles. The Bertz CT molecular complexity index is 1730. The van der Waals surface area contributed by atoms with E-state index in [0.717, 1.165) is 56.9 Å². The van der Waals surface area contributed by atoms with Crippen molar-refractivity contribution < 1.29 is 28.6 Å². The van der Waals surface area contributed by atoms with Gasteiger partial charge in [0, 0.05) is 24.2 Å². The number of nitrogens with one attached hydrogen (secondary N) is 2. The van der Waals surface area contributed by atoms with Crippen LogP contribution in [0.2, 0.25) is 0 Å². The first-order valence-corrected chi connectivity index (χ1v) is 20.7. The molecule has 0 spiro atoms. The average Bonchev–Trinajstić information content (AvgIpc) is 3.14. The zero-order valence-electron chi connectivity index (χ0n) is 34.1. The van der Waals surface area contributed by atoms with Crippen molar-refractivity contribution >= 4 is 17.8 Å². The van der Waals surface area contributed by atoms with Crippen LogP contribution < -0.4 is 10.6 Å². The van der Waals surface area contributed by atoms with E-state index < -0.39 is 17.2 Å². The van der Waals surface area contributed by atoms with Gasteiger partial charge in [0.2, 0.25) is 5.91 Å². The number of ether oxygens (including phenoxy) is 1.